The first kappa shape index (κ1) is 10.2. The van der Waals surface area contributed by atoms with Crippen LogP contribution in [0.2, 0.25) is 0 Å². The highest BCUT2D eigenvalue weighted by Gasteiger charge is 2.02. The van der Waals surface area contributed by atoms with Crippen LogP contribution in [0.4, 0.5) is 5.69 Å². The maximum Gasteiger partial charge on any atom is 0.221 e. The monoisotopic (exact) mass is 191 g/mol. The van der Waals surface area contributed by atoms with Crippen molar-refractivity contribution in [2.24, 2.45) is 5.73 Å². The lowest BCUT2D eigenvalue weighted by Crippen LogP contribution is -2.12. The van der Waals surface area contributed by atoms with Crippen molar-refractivity contribution in [2.45, 2.75) is 13.8 Å². The first-order valence-electron chi connectivity index (χ1n) is 4.23. The number of aryl methyl sites for hydroxylation is 1. The molecule has 1 aromatic carbocycles. The summed E-state index contributed by atoms with van der Waals surface area (Å²) in [4.78, 5) is 10.8. The van der Waals surface area contributed by atoms with Crippen LogP contribution in [0, 0.1) is 12.3 Å². The minimum Gasteiger partial charge on any atom is -0.384 e. The molecule has 0 spiro atoms. The Kier molecular flexibility index (Phi) is 2.86. The molecule has 1 rings (SSSR count). The molecule has 0 saturated carbocycles. The maximum absolute atomic E-state index is 10.8. The van der Waals surface area contributed by atoms with Crippen LogP contribution >= 0.6 is 0 Å². The number of hydrogen-bond donors (Lipinski definition) is 3. The van der Waals surface area contributed by atoms with Gasteiger partial charge in [-0.15, -0.1) is 0 Å². The summed E-state index contributed by atoms with van der Waals surface area (Å²) in [5.41, 5.74) is 7.64. The summed E-state index contributed by atoms with van der Waals surface area (Å²) >= 11 is 0. The van der Waals surface area contributed by atoms with Gasteiger partial charge in [-0.05, 0) is 30.7 Å². The Labute approximate surface area is 82.6 Å². The van der Waals surface area contributed by atoms with Gasteiger partial charge in [-0.25, -0.2) is 0 Å². The third-order valence-corrected chi connectivity index (χ3v) is 1.85. The van der Waals surface area contributed by atoms with E-state index in [1.54, 1.807) is 18.2 Å². The van der Waals surface area contributed by atoms with Gasteiger partial charge in [-0.1, -0.05) is 0 Å². The van der Waals surface area contributed by atoms with Gasteiger partial charge in [-0.2, -0.15) is 0 Å². The van der Waals surface area contributed by atoms with Crippen molar-refractivity contribution >= 4 is 17.4 Å². The van der Waals surface area contributed by atoms with Gasteiger partial charge in [0.05, 0.1) is 0 Å². The zero-order valence-electron chi connectivity index (χ0n) is 8.22. The number of carbonyl (C=O) groups excluding carboxylic acids is 1. The number of nitrogens with one attached hydrogen (secondary N) is 2. The molecule has 1 aromatic rings. The summed E-state index contributed by atoms with van der Waals surface area (Å²) in [6.07, 6.45) is 0. The molecule has 4 N–H and O–H groups in total. The minimum absolute atomic E-state index is 0.0301. The molecule has 14 heavy (non-hydrogen) atoms. The highest BCUT2D eigenvalue weighted by molar-refractivity contribution is 5.96. The number of amidine groups is 1. The molecule has 0 aliphatic carbocycles. The third kappa shape index (κ3) is 2.32. The molecule has 0 saturated heterocycles. The summed E-state index contributed by atoms with van der Waals surface area (Å²) in [6.45, 7) is 3.32. The van der Waals surface area contributed by atoms with Gasteiger partial charge in [0.2, 0.25) is 5.91 Å². The SMILES string of the molecule is CC(=O)Nc1ccc(C(=N)N)cc1C. The van der Waals surface area contributed by atoms with E-state index in [0.717, 1.165) is 11.3 Å². The van der Waals surface area contributed by atoms with E-state index in [1.165, 1.54) is 6.92 Å². The largest absolute Gasteiger partial charge is 0.384 e. The van der Waals surface area contributed by atoms with Crippen molar-refractivity contribution in [1.29, 1.82) is 5.41 Å². The van der Waals surface area contributed by atoms with Gasteiger partial charge in [-0.3, -0.25) is 10.2 Å². The van der Waals surface area contributed by atoms with Gasteiger partial charge in [0, 0.05) is 18.2 Å². The number of anilines is 1. The van der Waals surface area contributed by atoms with E-state index in [4.69, 9.17) is 11.1 Å². The molecule has 74 valence electrons. The number of nitrogen functional groups attached to an aromatic ring is 1. The minimum atomic E-state index is -0.108. The van der Waals surface area contributed by atoms with Crippen LogP contribution < -0.4 is 11.1 Å². The van der Waals surface area contributed by atoms with E-state index in [9.17, 15) is 4.79 Å². The fourth-order valence-electron chi connectivity index (χ4n) is 1.16. The molecule has 0 radical (unpaired) electrons. The molecule has 0 heterocycles. The topological polar surface area (TPSA) is 79.0 Å². The van der Waals surface area contributed by atoms with Crippen LogP contribution in [0.5, 0.6) is 0 Å². The van der Waals surface area contributed by atoms with E-state index in [1.807, 2.05) is 6.92 Å². The van der Waals surface area contributed by atoms with E-state index >= 15 is 0 Å². The highest BCUT2D eigenvalue weighted by atomic mass is 16.1. The first-order chi connectivity index (χ1) is 6.50. The molecule has 4 heteroatoms. The lowest BCUT2D eigenvalue weighted by Gasteiger charge is -2.07. The number of benzene rings is 1. The summed E-state index contributed by atoms with van der Waals surface area (Å²) in [5.74, 6) is -0.0776. The predicted octanol–water partition coefficient (Wildman–Crippen LogP) is 1.24. The fourth-order valence-corrected chi connectivity index (χ4v) is 1.16. The third-order valence-electron chi connectivity index (χ3n) is 1.85. The quantitative estimate of drug-likeness (QED) is 0.485. The van der Waals surface area contributed by atoms with Gasteiger partial charge >= 0.3 is 0 Å². The molecule has 0 aliphatic rings. The maximum atomic E-state index is 10.8. The van der Waals surface area contributed by atoms with Crippen LogP contribution in [0.1, 0.15) is 18.1 Å². The van der Waals surface area contributed by atoms with Gasteiger partial charge < -0.3 is 11.1 Å². The van der Waals surface area contributed by atoms with Crippen molar-refractivity contribution in [3.8, 4) is 0 Å². The van der Waals surface area contributed by atoms with Gasteiger partial charge in [0.15, 0.2) is 0 Å². The lowest BCUT2D eigenvalue weighted by molar-refractivity contribution is -0.114. The summed E-state index contributed by atoms with van der Waals surface area (Å²) in [5, 5.41) is 9.92. The van der Waals surface area contributed by atoms with Crippen molar-refractivity contribution in [3.63, 3.8) is 0 Å². The molecule has 0 fully saturated rings. The van der Waals surface area contributed by atoms with Crippen molar-refractivity contribution in [3.05, 3.63) is 29.3 Å². The molecular formula is C10H13N3O. The van der Waals surface area contributed by atoms with Crippen LogP contribution in [0.25, 0.3) is 0 Å². The average Bonchev–Trinajstić information content (AvgIpc) is 2.07. The molecule has 1 amide bonds. The molecule has 0 aromatic heterocycles. The van der Waals surface area contributed by atoms with Gasteiger partial charge in [0.1, 0.15) is 5.84 Å². The Balaban J connectivity index is 3.01. The van der Waals surface area contributed by atoms with Crippen LogP contribution in [-0.2, 0) is 4.79 Å². The highest BCUT2D eigenvalue weighted by Crippen LogP contribution is 2.15. The van der Waals surface area contributed by atoms with Crippen molar-refractivity contribution in [2.75, 3.05) is 5.32 Å². The Hall–Kier alpha value is -1.84. The molecule has 0 atom stereocenters. The molecule has 4 nitrogen and oxygen atoms in total. The van der Waals surface area contributed by atoms with Gasteiger partial charge in [0.25, 0.3) is 0 Å². The van der Waals surface area contributed by atoms with Crippen molar-refractivity contribution < 1.29 is 4.79 Å². The molecule has 0 aliphatic heterocycles. The second-order valence-corrected chi connectivity index (χ2v) is 3.12. The summed E-state index contributed by atoms with van der Waals surface area (Å²) < 4.78 is 0. The summed E-state index contributed by atoms with van der Waals surface area (Å²) in [6, 6.07) is 5.22. The van der Waals surface area contributed by atoms with Crippen LogP contribution in [0.3, 0.4) is 0 Å². The normalized spacial score (nSPS) is 9.57. The number of rotatable bonds is 2. The van der Waals surface area contributed by atoms with E-state index in [-0.39, 0.29) is 11.7 Å². The number of carbonyl (C=O) groups is 1. The zero-order valence-corrected chi connectivity index (χ0v) is 8.22. The second-order valence-electron chi connectivity index (χ2n) is 3.12. The lowest BCUT2D eigenvalue weighted by atomic mass is 10.1. The number of nitrogens with two attached hydrogens (primary N) is 1. The Morgan fingerprint density at radius 1 is 1.50 bits per heavy atom. The van der Waals surface area contributed by atoms with E-state index < -0.39 is 0 Å². The summed E-state index contributed by atoms with van der Waals surface area (Å²) in [7, 11) is 0. The zero-order chi connectivity index (χ0) is 10.7. The molecule has 0 bridgehead atoms. The van der Waals surface area contributed by atoms with Crippen molar-refractivity contribution in [1.82, 2.24) is 0 Å². The first-order valence-corrected chi connectivity index (χ1v) is 4.23. The Morgan fingerprint density at radius 2 is 2.14 bits per heavy atom. The Bertz CT molecular complexity index is 385. The standard InChI is InChI=1S/C10H13N3O/c1-6-5-8(10(11)12)3-4-9(6)13-7(2)14/h3-5H,1-2H3,(H3,11,12)(H,13,14). The van der Waals surface area contributed by atoms with Crippen LogP contribution in [0.15, 0.2) is 18.2 Å². The number of amides is 1. The molecular weight excluding hydrogens is 178 g/mol. The smallest absolute Gasteiger partial charge is 0.221 e. The second kappa shape index (κ2) is 3.91. The fraction of sp³-hybridized carbons (Fsp3) is 0.200. The van der Waals surface area contributed by atoms with Crippen LogP contribution in [-0.4, -0.2) is 11.7 Å². The van der Waals surface area contributed by atoms with E-state index in [0.29, 0.717) is 5.56 Å². The number of hydrogen-bond acceptors (Lipinski definition) is 2. The Morgan fingerprint density at radius 3 is 2.57 bits per heavy atom. The molecule has 0 unspecified atom stereocenters. The van der Waals surface area contributed by atoms with E-state index in [2.05, 4.69) is 5.32 Å². The predicted molar refractivity (Wildman–Crippen MR) is 56.5 cm³/mol. The average molecular weight is 191 g/mol.